The number of imidazole rings is 1. The molecule has 5 heterocycles. The van der Waals surface area contributed by atoms with Gasteiger partial charge < -0.3 is 35.3 Å². The number of piperidine rings is 1. The van der Waals surface area contributed by atoms with E-state index in [1.807, 2.05) is 4.90 Å². The number of morpholine rings is 1. The summed E-state index contributed by atoms with van der Waals surface area (Å²) in [4.78, 5) is 50.3. The molecule has 2 aliphatic heterocycles. The number of pyridine rings is 1. The van der Waals surface area contributed by atoms with Crippen molar-refractivity contribution in [1.82, 2.24) is 34.8 Å². The van der Waals surface area contributed by atoms with Crippen LogP contribution in [0.3, 0.4) is 0 Å². The van der Waals surface area contributed by atoms with Crippen LogP contribution in [0, 0.1) is 0 Å². The Bertz CT molecular complexity index is 1620. The monoisotopic (exact) mass is 570 g/mol. The molecule has 2 aliphatic rings. The van der Waals surface area contributed by atoms with Gasteiger partial charge in [-0.1, -0.05) is 0 Å². The lowest BCUT2D eigenvalue weighted by Crippen LogP contribution is -2.48. The molecule has 0 radical (unpaired) electrons. The highest BCUT2D eigenvalue weighted by atomic mass is 16.5. The van der Waals surface area contributed by atoms with E-state index < -0.39 is 5.91 Å². The van der Waals surface area contributed by atoms with Gasteiger partial charge in [0.2, 0.25) is 5.95 Å². The summed E-state index contributed by atoms with van der Waals surface area (Å²) in [5, 5.41) is 14.4. The minimum absolute atomic E-state index is 0.0670. The largest absolute Gasteiger partial charge is 0.378 e. The van der Waals surface area contributed by atoms with Crippen molar-refractivity contribution in [2.75, 3.05) is 49.6 Å². The van der Waals surface area contributed by atoms with E-state index in [0.29, 0.717) is 62.2 Å². The van der Waals surface area contributed by atoms with Crippen LogP contribution in [0.25, 0.3) is 5.65 Å². The Balaban J connectivity index is 1.14. The molecular formula is C28H30N10O4. The zero-order chi connectivity index (χ0) is 29.1. The van der Waals surface area contributed by atoms with Crippen LogP contribution in [0.1, 0.15) is 44.0 Å². The molecule has 216 valence electrons. The van der Waals surface area contributed by atoms with Crippen molar-refractivity contribution in [3.63, 3.8) is 0 Å². The van der Waals surface area contributed by atoms with Gasteiger partial charge in [0.05, 0.1) is 18.8 Å². The highest BCUT2D eigenvalue weighted by Gasteiger charge is 2.26. The van der Waals surface area contributed by atoms with Crippen molar-refractivity contribution in [2.45, 2.75) is 18.9 Å². The summed E-state index contributed by atoms with van der Waals surface area (Å²) >= 11 is 0. The summed E-state index contributed by atoms with van der Waals surface area (Å²) in [7, 11) is 0. The number of nitrogens with one attached hydrogen (secondary N) is 2. The van der Waals surface area contributed by atoms with Gasteiger partial charge in [-0.25, -0.2) is 4.98 Å². The van der Waals surface area contributed by atoms with Crippen LogP contribution in [-0.2, 0) is 4.74 Å². The molecule has 0 aliphatic carbocycles. The van der Waals surface area contributed by atoms with E-state index in [-0.39, 0.29) is 29.4 Å². The van der Waals surface area contributed by atoms with E-state index in [0.717, 1.165) is 18.5 Å². The van der Waals surface area contributed by atoms with Crippen LogP contribution < -0.4 is 21.3 Å². The number of nitrogens with zero attached hydrogens (tertiary/aromatic N) is 7. The molecule has 14 nitrogen and oxygen atoms in total. The summed E-state index contributed by atoms with van der Waals surface area (Å²) < 4.78 is 7.12. The first-order valence-corrected chi connectivity index (χ1v) is 13.7. The number of hydrogen-bond acceptors (Lipinski definition) is 10. The number of carbonyl (C=O) groups excluding carboxylic acids is 3. The van der Waals surface area contributed by atoms with Gasteiger partial charge in [0.1, 0.15) is 5.65 Å². The predicted octanol–water partition coefficient (Wildman–Crippen LogP) is 1.23. The molecule has 0 unspecified atom stereocenters. The number of anilines is 3. The molecular weight excluding hydrogens is 540 g/mol. The lowest BCUT2D eigenvalue weighted by Gasteiger charge is -2.33. The van der Waals surface area contributed by atoms with Crippen molar-refractivity contribution in [2.24, 2.45) is 5.73 Å². The van der Waals surface area contributed by atoms with E-state index in [1.54, 1.807) is 64.3 Å². The summed E-state index contributed by atoms with van der Waals surface area (Å²) in [5.74, 6) is -0.567. The zero-order valence-electron chi connectivity index (χ0n) is 22.8. The van der Waals surface area contributed by atoms with Gasteiger partial charge in [-0.15, -0.1) is 10.2 Å². The number of carbonyl (C=O) groups is 3. The van der Waals surface area contributed by atoms with Crippen molar-refractivity contribution in [3.05, 3.63) is 71.8 Å². The maximum absolute atomic E-state index is 13.0. The first-order valence-electron chi connectivity index (χ1n) is 13.7. The highest BCUT2D eigenvalue weighted by Crippen LogP contribution is 2.23. The average molecular weight is 571 g/mol. The van der Waals surface area contributed by atoms with Crippen LogP contribution in [0.2, 0.25) is 0 Å². The summed E-state index contributed by atoms with van der Waals surface area (Å²) in [6, 6.07) is 10.3. The first-order chi connectivity index (χ1) is 20.4. The molecule has 6 rings (SSSR count). The van der Waals surface area contributed by atoms with Crippen molar-refractivity contribution in [3.8, 4) is 0 Å². The second-order valence-corrected chi connectivity index (χ2v) is 10.1. The number of ether oxygens (including phenoxy) is 1. The van der Waals surface area contributed by atoms with Gasteiger partial charge in [-0.3, -0.25) is 14.4 Å². The van der Waals surface area contributed by atoms with Crippen molar-refractivity contribution < 1.29 is 19.1 Å². The maximum atomic E-state index is 13.0. The van der Waals surface area contributed by atoms with Crippen LogP contribution in [-0.4, -0.2) is 92.6 Å². The Kier molecular flexibility index (Phi) is 7.60. The van der Waals surface area contributed by atoms with E-state index in [1.165, 1.54) is 0 Å². The van der Waals surface area contributed by atoms with Crippen LogP contribution >= 0.6 is 0 Å². The number of fused-ring (bicyclic) bond motifs is 1. The normalized spacial score (nSPS) is 17.2. The molecule has 1 aromatic carbocycles. The van der Waals surface area contributed by atoms with Gasteiger partial charge in [-0.2, -0.15) is 4.98 Å². The van der Waals surface area contributed by atoms with E-state index in [9.17, 15) is 14.4 Å². The molecule has 0 bridgehead atoms. The molecule has 2 fully saturated rings. The highest BCUT2D eigenvalue weighted by molar-refractivity contribution is 5.97. The number of hydrogen-bond donors (Lipinski definition) is 3. The van der Waals surface area contributed by atoms with Crippen molar-refractivity contribution in [1.29, 1.82) is 0 Å². The van der Waals surface area contributed by atoms with Crippen LogP contribution in [0.5, 0.6) is 0 Å². The van der Waals surface area contributed by atoms with Crippen molar-refractivity contribution >= 4 is 40.8 Å². The minimum Gasteiger partial charge on any atom is -0.378 e. The Morgan fingerprint density at radius 3 is 2.55 bits per heavy atom. The standard InChI is InChI=1S/C28H30N10O4/c29-24(39)23-25(31-20-6-3-18(4-7-20)27(41)36-12-14-42-15-13-36)33-28(35-34-23)38-10-1-2-21(17-38)32-26(40)19-5-8-22-30-9-11-37(22)16-19/h3-9,11,16,21H,1-2,10,12-15,17H2,(H2,29,39)(H,32,40)(H,31,33,35)/t21-/m1/s1. The van der Waals surface area contributed by atoms with Gasteiger partial charge in [0.25, 0.3) is 17.7 Å². The quantitative estimate of drug-likeness (QED) is 0.293. The molecule has 42 heavy (non-hydrogen) atoms. The van der Waals surface area contributed by atoms with Crippen LogP contribution in [0.4, 0.5) is 17.5 Å². The summed E-state index contributed by atoms with van der Waals surface area (Å²) in [6.45, 7) is 3.28. The number of primary amides is 1. The van der Waals surface area contributed by atoms with Crippen LogP contribution in [0.15, 0.2) is 55.0 Å². The number of amides is 3. The Morgan fingerprint density at radius 1 is 0.976 bits per heavy atom. The topological polar surface area (TPSA) is 173 Å². The molecule has 3 amide bonds. The van der Waals surface area contributed by atoms with Gasteiger partial charge in [-0.05, 0) is 49.2 Å². The van der Waals surface area contributed by atoms with E-state index >= 15 is 0 Å². The first kappa shape index (κ1) is 27.1. The van der Waals surface area contributed by atoms with Gasteiger partial charge in [0.15, 0.2) is 11.5 Å². The molecule has 1 atom stereocenters. The molecule has 3 aromatic heterocycles. The smallest absolute Gasteiger partial charge is 0.273 e. The number of rotatable bonds is 7. The van der Waals surface area contributed by atoms with Gasteiger partial charge in [0, 0.05) is 62.1 Å². The second kappa shape index (κ2) is 11.8. The van der Waals surface area contributed by atoms with E-state index in [2.05, 4.69) is 30.8 Å². The number of aromatic nitrogens is 5. The molecule has 2 saturated heterocycles. The molecule has 0 saturated carbocycles. The summed E-state index contributed by atoms with van der Waals surface area (Å²) in [6.07, 6.45) is 6.81. The minimum atomic E-state index is -0.776. The maximum Gasteiger partial charge on any atom is 0.273 e. The molecule has 4 aromatic rings. The second-order valence-electron chi connectivity index (χ2n) is 10.1. The molecule has 0 spiro atoms. The molecule has 14 heteroatoms. The Morgan fingerprint density at radius 2 is 1.76 bits per heavy atom. The fourth-order valence-electron chi connectivity index (χ4n) is 5.09. The Labute approximate surface area is 240 Å². The third kappa shape index (κ3) is 5.83. The van der Waals surface area contributed by atoms with E-state index in [4.69, 9.17) is 10.5 Å². The third-order valence-corrected chi connectivity index (χ3v) is 7.29. The average Bonchev–Trinajstić information content (AvgIpc) is 3.50. The summed E-state index contributed by atoms with van der Waals surface area (Å²) in [5.41, 5.74) is 7.89. The third-order valence-electron chi connectivity index (χ3n) is 7.29. The number of nitrogens with two attached hydrogens (primary N) is 1. The SMILES string of the molecule is NC(=O)c1nnc(N2CCC[C@@H](NC(=O)c3ccc4nccn4c3)C2)nc1Nc1ccc(C(=O)N2CCOCC2)cc1. The lowest BCUT2D eigenvalue weighted by molar-refractivity contribution is 0.0303. The zero-order valence-corrected chi connectivity index (χ0v) is 22.8. The van der Waals surface area contributed by atoms with Gasteiger partial charge >= 0.3 is 0 Å². The lowest BCUT2D eigenvalue weighted by atomic mass is 10.1. The molecule has 4 N–H and O–H groups in total. The fraction of sp³-hybridized carbons (Fsp3) is 0.321. The predicted molar refractivity (Wildman–Crippen MR) is 153 cm³/mol. The fourth-order valence-corrected chi connectivity index (χ4v) is 5.09. The number of benzene rings is 1. The Hall–Kier alpha value is -5.11.